The fraction of sp³-hybridized carbons (Fsp3) is 0.188. The predicted molar refractivity (Wildman–Crippen MR) is 179 cm³/mol. The first-order valence-corrected chi connectivity index (χ1v) is 16.3. The van der Waals surface area contributed by atoms with E-state index in [2.05, 4.69) is 26.5 Å². The molecule has 4 aromatic carbocycles. The van der Waals surface area contributed by atoms with Crippen LogP contribution in [0.3, 0.4) is 0 Å². The molecule has 0 unspecified atom stereocenters. The first-order chi connectivity index (χ1) is 20.9. The molecule has 0 aliphatic carbocycles. The molecule has 0 spiro atoms. The van der Waals surface area contributed by atoms with E-state index < -0.39 is 22.5 Å². The van der Waals surface area contributed by atoms with Crippen molar-refractivity contribution >= 4 is 67.0 Å². The van der Waals surface area contributed by atoms with E-state index in [0.717, 1.165) is 26.6 Å². The van der Waals surface area contributed by atoms with Gasteiger partial charge in [0.1, 0.15) is 13.2 Å². The van der Waals surface area contributed by atoms with Gasteiger partial charge in [0.2, 0.25) is 0 Å². The summed E-state index contributed by atoms with van der Waals surface area (Å²) in [5.74, 6) is 0.244. The number of hydrogen-bond acceptors (Lipinski definition) is 6. The maximum Gasteiger partial charge on any atom is 0.264 e. The number of methoxy groups -OCH3 is 1. The van der Waals surface area contributed by atoms with Crippen molar-refractivity contribution in [2.75, 3.05) is 18.0 Å². The van der Waals surface area contributed by atoms with Gasteiger partial charge in [0, 0.05) is 15.6 Å². The molecule has 0 aliphatic heterocycles. The molecule has 0 bridgehead atoms. The van der Waals surface area contributed by atoms with Gasteiger partial charge in [-0.1, -0.05) is 53.0 Å². The summed E-state index contributed by atoms with van der Waals surface area (Å²) >= 11 is 15.7. The largest absolute Gasteiger partial charge is 0.493 e. The number of halogens is 3. The Balaban J connectivity index is 1.50. The van der Waals surface area contributed by atoms with E-state index in [9.17, 15) is 13.2 Å². The number of amides is 1. The van der Waals surface area contributed by atoms with Crippen molar-refractivity contribution in [3.8, 4) is 11.5 Å². The fourth-order valence-corrected chi connectivity index (χ4v) is 6.57. The number of nitrogens with zero attached hydrogens (tertiary/aromatic N) is 2. The second kappa shape index (κ2) is 14.5. The summed E-state index contributed by atoms with van der Waals surface area (Å²) in [7, 11) is -2.55. The maximum atomic E-state index is 13.7. The van der Waals surface area contributed by atoms with Crippen molar-refractivity contribution in [3.05, 3.63) is 115 Å². The van der Waals surface area contributed by atoms with Gasteiger partial charge in [-0.3, -0.25) is 9.10 Å². The number of ether oxygens (including phenoxy) is 2. The van der Waals surface area contributed by atoms with Crippen molar-refractivity contribution < 1.29 is 22.7 Å². The van der Waals surface area contributed by atoms with Gasteiger partial charge in [-0.05, 0) is 102 Å². The monoisotopic (exact) mass is 717 g/mol. The van der Waals surface area contributed by atoms with Crippen LogP contribution in [0.25, 0.3) is 0 Å². The SMILES string of the molecule is COc1cc(/C=N\NC(=O)CN(c2ccc(C)c(C)c2)S(=O)(=O)c2ccc(C)cc2)cc(Br)c1OCc1ccc(Cl)cc1Cl. The standard InChI is InChI=1S/C32H30BrCl2N3O5S/c1-20-5-11-27(12-6-20)44(40,41)38(26-10-7-21(2)22(3)13-26)18-31(39)37-36-17-23-14-28(33)32(30(15-23)42-4)43-19-24-8-9-25(34)16-29(24)35/h5-17H,18-19H2,1-4H3,(H,37,39)/b36-17-. The minimum Gasteiger partial charge on any atom is -0.493 e. The van der Waals surface area contributed by atoms with Gasteiger partial charge in [0.15, 0.2) is 11.5 Å². The third-order valence-electron chi connectivity index (χ3n) is 6.72. The Morgan fingerprint density at radius 3 is 2.36 bits per heavy atom. The number of rotatable bonds is 11. The van der Waals surface area contributed by atoms with Crippen LogP contribution in [0, 0.1) is 20.8 Å². The van der Waals surface area contributed by atoms with E-state index in [0.29, 0.717) is 37.3 Å². The third kappa shape index (κ3) is 8.12. The molecular formula is C32H30BrCl2N3O5S. The van der Waals surface area contributed by atoms with Crippen molar-refractivity contribution in [2.24, 2.45) is 5.10 Å². The summed E-state index contributed by atoms with van der Waals surface area (Å²) in [5.41, 5.74) is 6.96. The Labute approximate surface area is 275 Å². The maximum absolute atomic E-state index is 13.7. The summed E-state index contributed by atoms with van der Waals surface area (Å²) in [6, 6.07) is 20.3. The summed E-state index contributed by atoms with van der Waals surface area (Å²) in [6.45, 7) is 5.38. The van der Waals surface area contributed by atoms with Crippen LogP contribution in [0.15, 0.2) is 87.3 Å². The molecule has 0 heterocycles. The number of sulfonamides is 1. The number of nitrogens with one attached hydrogen (secondary N) is 1. The highest BCUT2D eigenvalue weighted by molar-refractivity contribution is 9.10. The lowest BCUT2D eigenvalue weighted by Crippen LogP contribution is -2.39. The second-order valence-electron chi connectivity index (χ2n) is 9.94. The summed E-state index contributed by atoms with van der Waals surface area (Å²) in [4.78, 5) is 13.1. The average Bonchev–Trinajstić information content (AvgIpc) is 2.97. The van der Waals surface area contributed by atoms with Crippen LogP contribution in [0.1, 0.15) is 27.8 Å². The Hall–Kier alpha value is -3.57. The van der Waals surface area contributed by atoms with Crippen LogP contribution in [0.4, 0.5) is 5.69 Å². The smallest absolute Gasteiger partial charge is 0.264 e. The highest BCUT2D eigenvalue weighted by Gasteiger charge is 2.27. The second-order valence-corrected chi connectivity index (χ2v) is 13.5. The molecule has 0 saturated carbocycles. The minimum atomic E-state index is -4.05. The van der Waals surface area contributed by atoms with Gasteiger partial charge in [0.25, 0.3) is 15.9 Å². The van der Waals surface area contributed by atoms with Crippen LogP contribution in [-0.2, 0) is 21.4 Å². The minimum absolute atomic E-state index is 0.0789. The molecule has 1 amide bonds. The third-order valence-corrected chi connectivity index (χ3v) is 9.68. The van der Waals surface area contributed by atoms with E-state index in [-0.39, 0.29) is 11.5 Å². The Bertz CT molecular complexity index is 1820. The predicted octanol–water partition coefficient (Wildman–Crippen LogP) is 7.61. The van der Waals surface area contributed by atoms with Crippen LogP contribution >= 0.6 is 39.1 Å². The molecule has 0 fully saturated rings. The van der Waals surface area contributed by atoms with Crippen molar-refractivity contribution in [1.82, 2.24) is 5.43 Å². The zero-order valence-corrected chi connectivity index (χ0v) is 28.3. The molecule has 8 nitrogen and oxygen atoms in total. The van der Waals surface area contributed by atoms with Gasteiger partial charge < -0.3 is 9.47 Å². The molecule has 1 N–H and O–H groups in total. The van der Waals surface area contributed by atoms with E-state index in [1.807, 2.05) is 26.8 Å². The van der Waals surface area contributed by atoms with Crippen LogP contribution in [0.5, 0.6) is 11.5 Å². The van der Waals surface area contributed by atoms with Crippen LogP contribution < -0.4 is 19.2 Å². The number of carbonyl (C=O) groups is 1. The molecule has 0 aliphatic rings. The average molecular weight is 719 g/mol. The molecule has 0 radical (unpaired) electrons. The first kappa shape index (κ1) is 33.3. The van der Waals surface area contributed by atoms with Gasteiger partial charge in [-0.15, -0.1) is 0 Å². The molecule has 0 atom stereocenters. The molecule has 44 heavy (non-hydrogen) atoms. The number of anilines is 1. The van der Waals surface area contributed by atoms with Crippen molar-refractivity contribution in [2.45, 2.75) is 32.3 Å². The molecule has 4 aromatic rings. The van der Waals surface area contributed by atoms with Crippen molar-refractivity contribution in [1.29, 1.82) is 0 Å². The molecule has 0 aromatic heterocycles. The summed E-state index contributed by atoms with van der Waals surface area (Å²) in [5, 5.41) is 5.06. The molecule has 0 saturated heterocycles. The number of hydrazone groups is 1. The van der Waals surface area contributed by atoms with Gasteiger partial charge in [-0.25, -0.2) is 13.8 Å². The molecular weight excluding hydrogens is 689 g/mol. The number of aryl methyl sites for hydroxylation is 3. The normalized spacial score (nSPS) is 11.4. The molecule has 230 valence electrons. The number of carbonyl (C=O) groups excluding carboxylic acids is 1. The topological polar surface area (TPSA) is 97.3 Å². The van der Waals surface area contributed by atoms with Crippen molar-refractivity contribution in [3.63, 3.8) is 0 Å². The van der Waals surface area contributed by atoms with E-state index >= 15 is 0 Å². The van der Waals surface area contributed by atoms with Gasteiger partial charge >= 0.3 is 0 Å². The Kier molecular flexibility index (Phi) is 11.0. The lowest BCUT2D eigenvalue weighted by Gasteiger charge is -2.24. The van der Waals surface area contributed by atoms with Crippen LogP contribution in [-0.4, -0.2) is 34.2 Å². The van der Waals surface area contributed by atoms with E-state index in [1.165, 1.54) is 25.5 Å². The van der Waals surface area contributed by atoms with E-state index in [4.69, 9.17) is 32.7 Å². The summed E-state index contributed by atoms with van der Waals surface area (Å²) in [6.07, 6.45) is 1.42. The van der Waals surface area contributed by atoms with Gasteiger partial charge in [0.05, 0.1) is 28.4 Å². The zero-order valence-electron chi connectivity index (χ0n) is 24.4. The lowest BCUT2D eigenvalue weighted by molar-refractivity contribution is -0.119. The molecule has 12 heteroatoms. The highest BCUT2D eigenvalue weighted by Crippen LogP contribution is 2.37. The number of hydrogen-bond donors (Lipinski definition) is 1. The van der Waals surface area contributed by atoms with E-state index in [1.54, 1.807) is 54.6 Å². The molecule has 4 rings (SSSR count). The summed E-state index contributed by atoms with van der Waals surface area (Å²) < 4.78 is 40.4. The quantitative estimate of drug-likeness (QED) is 0.127. The Morgan fingerprint density at radius 2 is 1.70 bits per heavy atom. The zero-order chi connectivity index (χ0) is 32.0. The van der Waals surface area contributed by atoms with Crippen LogP contribution in [0.2, 0.25) is 10.0 Å². The first-order valence-electron chi connectivity index (χ1n) is 13.3. The highest BCUT2D eigenvalue weighted by atomic mass is 79.9. The lowest BCUT2D eigenvalue weighted by atomic mass is 10.1. The van der Waals surface area contributed by atoms with Gasteiger partial charge in [-0.2, -0.15) is 5.10 Å². The fourth-order valence-electron chi connectivity index (χ4n) is 4.12. The number of benzene rings is 4. The Morgan fingerprint density at radius 1 is 0.977 bits per heavy atom.